The summed E-state index contributed by atoms with van der Waals surface area (Å²) < 4.78 is 10.3. The number of nitrogens with zero attached hydrogens (tertiary/aromatic N) is 1. The van der Waals surface area contributed by atoms with E-state index in [1.807, 2.05) is 6.92 Å². The Morgan fingerprint density at radius 2 is 2.12 bits per heavy atom. The maximum Gasteiger partial charge on any atom is 0.341 e. The van der Waals surface area contributed by atoms with Gasteiger partial charge in [0.1, 0.15) is 0 Å². The lowest BCUT2D eigenvalue weighted by Crippen LogP contribution is -2.28. The van der Waals surface area contributed by atoms with Crippen LogP contribution in [0.15, 0.2) is 17.0 Å². The maximum absolute atomic E-state index is 12.3. The third kappa shape index (κ3) is 4.46. The SMILES string of the molecule is CCCN1C(=O)S/C(=C/c2cc(Cl)c(OCC(=O)O)c(OC)c2)C1=O. The fourth-order valence-electron chi connectivity index (χ4n) is 2.16. The highest BCUT2D eigenvalue weighted by Crippen LogP contribution is 2.38. The first-order chi connectivity index (χ1) is 11.9. The first kappa shape index (κ1) is 19.1. The van der Waals surface area contributed by atoms with Gasteiger partial charge >= 0.3 is 5.97 Å². The first-order valence-corrected chi connectivity index (χ1v) is 8.54. The van der Waals surface area contributed by atoms with Crippen LogP contribution in [-0.2, 0) is 9.59 Å². The fraction of sp³-hybridized carbons (Fsp3) is 0.312. The van der Waals surface area contributed by atoms with E-state index in [0.29, 0.717) is 18.5 Å². The Morgan fingerprint density at radius 3 is 2.72 bits per heavy atom. The molecule has 2 amide bonds. The quantitative estimate of drug-likeness (QED) is 0.720. The van der Waals surface area contributed by atoms with Gasteiger partial charge in [-0.2, -0.15) is 0 Å². The molecular weight excluding hydrogens is 370 g/mol. The monoisotopic (exact) mass is 385 g/mol. The minimum atomic E-state index is -1.15. The van der Waals surface area contributed by atoms with Crippen molar-refractivity contribution in [2.24, 2.45) is 0 Å². The minimum Gasteiger partial charge on any atom is -0.493 e. The number of imide groups is 1. The molecule has 0 saturated carbocycles. The summed E-state index contributed by atoms with van der Waals surface area (Å²) >= 11 is 6.99. The Labute approximate surface area is 153 Å². The van der Waals surface area contributed by atoms with E-state index in [2.05, 4.69) is 0 Å². The molecule has 0 aromatic heterocycles. The van der Waals surface area contributed by atoms with Crippen LogP contribution >= 0.6 is 23.4 Å². The normalized spacial score (nSPS) is 15.8. The van der Waals surface area contributed by atoms with Crippen molar-refractivity contribution in [1.82, 2.24) is 4.90 Å². The van der Waals surface area contributed by atoms with Gasteiger partial charge < -0.3 is 14.6 Å². The maximum atomic E-state index is 12.3. The van der Waals surface area contributed by atoms with Crippen LogP contribution in [0.2, 0.25) is 5.02 Å². The van der Waals surface area contributed by atoms with E-state index in [4.69, 9.17) is 26.2 Å². The Balaban J connectivity index is 2.31. The number of carboxylic acid groups (broad SMARTS) is 1. The van der Waals surface area contributed by atoms with Crippen LogP contribution in [0.1, 0.15) is 18.9 Å². The highest BCUT2D eigenvalue weighted by molar-refractivity contribution is 8.18. The molecule has 0 unspecified atom stereocenters. The number of ether oxygens (including phenoxy) is 2. The molecule has 7 nitrogen and oxygen atoms in total. The summed E-state index contributed by atoms with van der Waals surface area (Å²) in [7, 11) is 1.39. The van der Waals surface area contributed by atoms with Crippen LogP contribution in [-0.4, -0.2) is 47.4 Å². The summed E-state index contributed by atoms with van der Waals surface area (Å²) in [5.41, 5.74) is 0.534. The second-order valence-corrected chi connectivity index (χ2v) is 6.45. The summed E-state index contributed by atoms with van der Waals surface area (Å²) in [6.07, 6.45) is 2.22. The van der Waals surface area contributed by atoms with Crippen LogP contribution in [0.5, 0.6) is 11.5 Å². The first-order valence-electron chi connectivity index (χ1n) is 7.34. The lowest BCUT2D eigenvalue weighted by molar-refractivity contribution is -0.139. The number of rotatable bonds is 7. The molecule has 1 fully saturated rings. The number of carbonyl (C=O) groups is 3. The smallest absolute Gasteiger partial charge is 0.341 e. The zero-order chi connectivity index (χ0) is 18.6. The Kier molecular flexibility index (Phi) is 6.33. The zero-order valence-corrected chi connectivity index (χ0v) is 15.1. The fourth-order valence-corrected chi connectivity index (χ4v) is 3.30. The largest absolute Gasteiger partial charge is 0.493 e. The molecule has 1 heterocycles. The molecule has 1 N–H and O–H groups in total. The number of hydrogen-bond donors (Lipinski definition) is 1. The van der Waals surface area contributed by atoms with Crippen molar-refractivity contribution in [3.8, 4) is 11.5 Å². The van der Waals surface area contributed by atoms with Gasteiger partial charge in [0, 0.05) is 6.54 Å². The van der Waals surface area contributed by atoms with E-state index in [0.717, 1.165) is 11.8 Å². The van der Waals surface area contributed by atoms with Gasteiger partial charge in [0.15, 0.2) is 18.1 Å². The summed E-state index contributed by atoms with van der Waals surface area (Å²) in [6, 6.07) is 3.06. The van der Waals surface area contributed by atoms with Gasteiger partial charge in [0.2, 0.25) is 0 Å². The highest BCUT2D eigenvalue weighted by atomic mass is 35.5. The van der Waals surface area contributed by atoms with E-state index in [1.165, 1.54) is 24.2 Å². The molecule has 1 aromatic carbocycles. The second kappa shape index (κ2) is 8.26. The summed E-state index contributed by atoms with van der Waals surface area (Å²) in [4.78, 5) is 36.2. The molecule has 0 aliphatic carbocycles. The Morgan fingerprint density at radius 1 is 1.40 bits per heavy atom. The molecule has 1 aliphatic rings. The predicted octanol–water partition coefficient (Wildman–Crippen LogP) is 3.26. The molecule has 0 spiro atoms. The molecule has 1 saturated heterocycles. The minimum absolute atomic E-state index is 0.0998. The summed E-state index contributed by atoms with van der Waals surface area (Å²) in [5, 5.41) is 8.53. The van der Waals surface area contributed by atoms with Gasteiger partial charge in [-0.15, -0.1) is 0 Å². The van der Waals surface area contributed by atoms with Gasteiger partial charge in [0.05, 0.1) is 17.0 Å². The van der Waals surface area contributed by atoms with Crippen molar-refractivity contribution >= 4 is 46.6 Å². The number of benzene rings is 1. The Bertz CT molecular complexity index is 748. The van der Waals surface area contributed by atoms with Crippen molar-refractivity contribution in [3.63, 3.8) is 0 Å². The molecule has 0 atom stereocenters. The lowest BCUT2D eigenvalue weighted by atomic mass is 10.1. The van der Waals surface area contributed by atoms with Crippen molar-refractivity contribution in [2.45, 2.75) is 13.3 Å². The Hall–Kier alpha value is -2.19. The van der Waals surface area contributed by atoms with Crippen LogP contribution in [0.25, 0.3) is 6.08 Å². The average Bonchev–Trinajstić information content (AvgIpc) is 2.81. The third-order valence-corrected chi connectivity index (χ3v) is 4.40. The molecule has 1 aliphatic heterocycles. The van der Waals surface area contributed by atoms with Gasteiger partial charge in [-0.25, -0.2) is 4.79 Å². The number of carbonyl (C=O) groups excluding carboxylic acids is 2. The standard InChI is InChI=1S/C16H16ClNO6S/c1-3-4-18-15(21)12(25-16(18)22)7-9-5-10(17)14(11(6-9)23-2)24-8-13(19)20/h5-7H,3-4,8H2,1-2H3,(H,19,20)/b12-7+. The third-order valence-electron chi connectivity index (χ3n) is 3.21. The number of hydrogen-bond acceptors (Lipinski definition) is 6. The highest BCUT2D eigenvalue weighted by Gasteiger charge is 2.34. The molecule has 2 rings (SSSR count). The van der Waals surface area contributed by atoms with Gasteiger partial charge in [-0.05, 0) is 42.0 Å². The van der Waals surface area contributed by atoms with Crippen molar-refractivity contribution in [2.75, 3.05) is 20.3 Å². The second-order valence-electron chi connectivity index (χ2n) is 5.05. The molecule has 25 heavy (non-hydrogen) atoms. The number of thioether (sulfide) groups is 1. The van der Waals surface area contributed by atoms with Gasteiger partial charge in [-0.1, -0.05) is 18.5 Å². The number of carboxylic acids is 1. The molecular formula is C16H16ClNO6S. The predicted molar refractivity (Wildman–Crippen MR) is 94.1 cm³/mol. The number of halogens is 1. The van der Waals surface area contributed by atoms with E-state index >= 15 is 0 Å². The van der Waals surface area contributed by atoms with E-state index < -0.39 is 12.6 Å². The van der Waals surface area contributed by atoms with Crippen molar-refractivity contribution in [3.05, 3.63) is 27.6 Å². The molecule has 0 bridgehead atoms. The number of amides is 2. The van der Waals surface area contributed by atoms with Crippen LogP contribution in [0, 0.1) is 0 Å². The van der Waals surface area contributed by atoms with Crippen LogP contribution < -0.4 is 9.47 Å². The van der Waals surface area contributed by atoms with E-state index in [9.17, 15) is 14.4 Å². The number of aliphatic carboxylic acids is 1. The van der Waals surface area contributed by atoms with Crippen molar-refractivity contribution in [1.29, 1.82) is 0 Å². The van der Waals surface area contributed by atoms with E-state index in [-0.39, 0.29) is 32.6 Å². The lowest BCUT2D eigenvalue weighted by Gasteiger charge is -2.12. The molecule has 1 aromatic rings. The van der Waals surface area contributed by atoms with Gasteiger partial charge in [0.25, 0.3) is 11.1 Å². The summed E-state index contributed by atoms with van der Waals surface area (Å²) in [6.45, 7) is 1.69. The number of methoxy groups -OCH3 is 1. The van der Waals surface area contributed by atoms with E-state index in [1.54, 1.807) is 6.07 Å². The van der Waals surface area contributed by atoms with Crippen molar-refractivity contribution < 1.29 is 29.0 Å². The topological polar surface area (TPSA) is 93.1 Å². The molecule has 9 heteroatoms. The molecule has 0 radical (unpaired) electrons. The van der Waals surface area contributed by atoms with Crippen LogP contribution in [0.4, 0.5) is 4.79 Å². The zero-order valence-electron chi connectivity index (χ0n) is 13.6. The van der Waals surface area contributed by atoms with Crippen LogP contribution in [0.3, 0.4) is 0 Å². The molecule has 134 valence electrons. The summed E-state index contributed by atoms with van der Waals surface area (Å²) in [5.74, 6) is -1.17. The van der Waals surface area contributed by atoms with Gasteiger partial charge in [-0.3, -0.25) is 14.5 Å². The average molecular weight is 386 g/mol.